The fourth-order valence-corrected chi connectivity index (χ4v) is 1.91. The standard InChI is InChI=1S/C8H18N2O3S/c1-9-14(11,12)7-6-13-8-2-4-10-5-3-8/h8-10H,2-7H2,1H3. The molecule has 0 aromatic rings. The average molecular weight is 222 g/mol. The van der Waals surface area contributed by atoms with Crippen molar-refractivity contribution < 1.29 is 13.2 Å². The first kappa shape index (κ1) is 11.9. The normalized spacial score (nSPS) is 19.8. The molecule has 1 rings (SSSR count). The molecule has 1 aliphatic heterocycles. The third-order valence-corrected chi connectivity index (χ3v) is 3.63. The van der Waals surface area contributed by atoms with E-state index in [0.29, 0.717) is 0 Å². The van der Waals surface area contributed by atoms with Crippen LogP contribution in [0.4, 0.5) is 0 Å². The predicted molar refractivity (Wildman–Crippen MR) is 54.7 cm³/mol. The zero-order valence-electron chi connectivity index (χ0n) is 8.45. The summed E-state index contributed by atoms with van der Waals surface area (Å²) in [4.78, 5) is 0. The Morgan fingerprint density at radius 3 is 2.64 bits per heavy atom. The number of ether oxygens (including phenoxy) is 1. The van der Waals surface area contributed by atoms with E-state index in [0.717, 1.165) is 25.9 Å². The van der Waals surface area contributed by atoms with Gasteiger partial charge in [-0.25, -0.2) is 13.1 Å². The van der Waals surface area contributed by atoms with Crippen molar-refractivity contribution in [2.75, 3.05) is 32.5 Å². The average Bonchev–Trinajstić information content (AvgIpc) is 2.19. The van der Waals surface area contributed by atoms with Gasteiger partial charge in [0.2, 0.25) is 10.0 Å². The summed E-state index contributed by atoms with van der Waals surface area (Å²) in [5.41, 5.74) is 0. The molecule has 0 bridgehead atoms. The maximum absolute atomic E-state index is 11.0. The lowest BCUT2D eigenvalue weighted by Gasteiger charge is -2.22. The molecule has 1 aliphatic rings. The lowest BCUT2D eigenvalue weighted by atomic mass is 10.1. The molecule has 6 heteroatoms. The summed E-state index contributed by atoms with van der Waals surface area (Å²) in [5.74, 6) is 0.0490. The maximum atomic E-state index is 11.0. The van der Waals surface area contributed by atoms with Crippen molar-refractivity contribution in [2.24, 2.45) is 0 Å². The molecule has 0 aliphatic carbocycles. The monoisotopic (exact) mass is 222 g/mol. The Morgan fingerprint density at radius 1 is 1.43 bits per heavy atom. The summed E-state index contributed by atoms with van der Waals surface area (Å²) in [6.45, 7) is 2.21. The van der Waals surface area contributed by atoms with Crippen molar-refractivity contribution in [1.29, 1.82) is 0 Å². The molecule has 0 radical (unpaired) electrons. The third kappa shape index (κ3) is 4.36. The minimum Gasteiger partial charge on any atom is -0.377 e. The molecule has 0 saturated carbocycles. The molecule has 0 aromatic heterocycles. The van der Waals surface area contributed by atoms with Crippen LogP contribution in [0, 0.1) is 0 Å². The van der Waals surface area contributed by atoms with E-state index in [-0.39, 0.29) is 18.5 Å². The molecule has 84 valence electrons. The Labute approximate surface area is 85.3 Å². The van der Waals surface area contributed by atoms with Crippen LogP contribution in [-0.2, 0) is 14.8 Å². The highest BCUT2D eigenvalue weighted by Crippen LogP contribution is 2.06. The Balaban J connectivity index is 2.14. The van der Waals surface area contributed by atoms with E-state index in [1.165, 1.54) is 7.05 Å². The highest BCUT2D eigenvalue weighted by atomic mass is 32.2. The quantitative estimate of drug-likeness (QED) is 0.646. The number of piperidine rings is 1. The molecular formula is C8H18N2O3S. The van der Waals surface area contributed by atoms with Crippen LogP contribution < -0.4 is 10.0 Å². The van der Waals surface area contributed by atoms with Gasteiger partial charge in [0.05, 0.1) is 18.5 Å². The highest BCUT2D eigenvalue weighted by Gasteiger charge is 2.14. The van der Waals surface area contributed by atoms with Crippen molar-refractivity contribution >= 4 is 10.0 Å². The number of hydrogen-bond acceptors (Lipinski definition) is 4. The van der Waals surface area contributed by atoms with Crippen LogP contribution in [0.25, 0.3) is 0 Å². The zero-order valence-corrected chi connectivity index (χ0v) is 9.27. The maximum Gasteiger partial charge on any atom is 0.213 e. The first-order valence-corrected chi connectivity index (χ1v) is 6.53. The van der Waals surface area contributed by atoms with E-state index in [9.17, 15) is 8.42 Å². The van der Waals surface area contributed by atoms with Crippen molar-refractivity contribution in [3.05, 3.63) is 0 Å². The Bertz CT molecular complexity index is 247. The molecule has 0 amide bonds. The first-order chi connectivity index (χ1) is 6.64. The van der Waals surface area contributed by atoms with E-state index in [4.69, 9.17) is 4.74 Å². The van der Waals surface area contributed by atoms with Gasteiger partial charge < -0.3 is 10.1 Å². The first-order valence-electron chi connectivity index (χ1n) is 4.87. The molecule has 0 atom stereocenters. The van der Waals surface area contributed by atoms with Crippen LogP contribution in [0.15, 0.2) is 0 Å². The second-order valence-corrected chi connectivity index (χ2v) is 5.39. The van der Waals surface area contributed by atoms with E-state index in [2.05, 4.69) is 10.0 Å². The molecule has 1 saturated heterocycles. The summed E-state index contributed by atoms with van der Waals surface area (Å²) >= 11 is 0. The molecule has 5 nitrogen and oxygen atoms in total. The zero-order chi connectivity index (χ0) is 10.4. The van der Waals surface area contributed by atoms with Gasteiger partial charge in [-0.15, -0.1) is 0 Å². The fourth-order valence-electron chi connectivity index (χ4n) is 1.39. The third-order valence-electron chi connectivity index (χ3n) is 2.30. The van der Waals surface area contributed by atoms with Crippen LogP contribution in [0.5, 0.6) is 0 Å². The molecule has 14 heavy (non-hydrogen) atoms. The van der Waals surface area contributed by atoms with Gasteiger partial charge in [0.25, 0.3) is 0 Å². The Hall–Kier alpha value is -0.170. The summed E-state index contributed by atoms with van der Waals surface area (Å²) < 4.78 is 29.8. The van der Waals surface area contributed by atoms with Gasteiger partial charge >= 0.3 is 0 Å². The minimum absolute atomic E-state index is 0.0490. The molecule has 0 unspecified atom stereocenters. The largest absolute Gasteiger partial charge is 0.377 e. The Kier molecular flexibility index (Phi) is 4.80. The fraction of sp³-hybridized carbons (Fsp3) is 1.00. The van der Waals surface area contributed by atoms with Crippen LogP contribution >= 0.6 is 0 Å². The SMILES string of the molecule is CNS(=O)(=O)CCOC1CCNCC1. The number of rotatable bonds is 5. The van der Waals surface area contributed by atoms with Gasteiger partial charge in [-0.2, -0.15) is 0 Å². The van der Waals surface area contributed by atoms with Crippen molar-refractivity contribution in [1.82, 2.24) is 10.0 Å². The van der Waals surface area contributed by atoms with Gasteiger partial charge in [-0.05, 0) is 33.0 Å². The van der Waals surface area contributed by atoms with Crippen molar-refractivity contribution in [3.8, 4) is 0 Å². The molecular weight excluding hydrogens is 204 g/mol. The molecule has 0 spiro atoms. The second kappa shape index (κ2) is 5.65. The van der Waals surface area contributed by atoms with Crippen LogP contribution in [0.1, 0.15) is 12.8 Å². The summed E-state index contributed by atoms with van der Waals surface area (Å²) in [5, 5.41) is 3.22. The van der Waals surface area contributed by atoms with Crippen molar-refractivity contribution in [3.63, 3.8) is 0 Å². The van der Waals surface area contributed by atoms with Gasteiger partial charge in [-0.3, -0.25) is 0 Å². The lowest BCUT2D eigenvalue weighted by Crippen LogP contribution is -2.34. The van der Waals surface area contributed by atoms with Gasteiger partial charge in [0.1, 0.15) is 0 Å². The van der Waals surface area contributed by atoms with E-state index < -0.39 is 10.0 Å². The van der Waals surface area contributed by atoms with Gasteiger partial charge in [-0.1, -0.05) is 0 Å². The van der Waals surface area contributed by atoms with Gasteiger partial charge in [0.15, 0.2) is 0 Å². The molecule has 1 heterocycles. The summed E-state index contributed by atoms with van der Waals surface area (Å²) in [7, 11) is -1.69. The topological polar surface area (TPSA) is 67.4 Å². The molecule has 1 fully saturated rings. The lowest BCUT2D eigenvalue weighted by molar-refractivity contribution is 0.0426. The smallest absolute Gasteiger partial charge is 0.213 e. The van der Waals surface area contributed by atoms with E-state index in [1.54, 1.807) is 0 Å². The second-order valence-electron chi connectivity index (χ2n) is 3.34. The minimum atomic E-state index is -3.11. The molecule has 0 aromatic carbocycles. The van der Waals surface area contributed by atoms with Gasteiger partial charge in [0, 0.05) is 0 Å². The number of nitrogens with one attached hydrogen (secondary N) is 2. The van der Waals surface area contributed by atoms with Crippen molar-refractivity contribution in [2.45, 2.75) is 18.9 Å². The van der Waals surface area contributed by atoms with Crippen LogP contribution in [0.2, 0.25) is 0 Å². The summed E-state index contributed by atoms with van der Waals surface area (Å²) in [6, 6.07) is 0. The van der Waals surface area contributed by atoms with Crippen LogP contribution in [-0.4, -0.2) is 47.0 Å². The summed E-state index contributed by atoms with van der Waals surface area (Å²) in [6.07, 6.45) is 2.17. The number of hydrogen-bond donors (Lipinski definition) is 2. The number of sulfonamides is 1. The predicted octanol–water partition coefficient (Wildman–Crippen LogP) is -0.696. The van der Waals surface area contributed by atoms with E-state index in [1.807, 2.05) is 0 Å². The highest BCUT2D eigenvalue weighted by molar-refractivity contribution is 7.89. The Morgan fingerprint density at radius 2 is 2.07 bits per heavy atom. The van der Waals surface area contributed by atoms with Crippen LogP contribution in [0.3, 0.4) is 0 Å². The van der Waals surface area contributed by atoms with E-state index >= 15 is 0 Å². The molecule has 2 N–H and O–H groups in total.